The van der Waals surface area contributed by atoms with Gasteiger partial charge in [0.25, 0.3) is 0 Å². The summed E-state index contributed by atoms with van der Waals surface area (Å²) >= 11 is 0. The van der Waals surface area contributed by atoms with Gasteiger partial charge in [-0.1, -0.05) is 245 Å². The predicted octanol–water partition coefficient (Wildman–Crippen LogP) is 11.9. The molecule has 1 rings (SSSR count). The molecule has 0 aromatic carbocycles. The third-order valence-corrected chi connectivity index (χ3v) is 13.0. The average Bonchev–Trinajstić information content (AvgIpc) is 3.25. The Kier molecular flexibility index (Phi) is 40.2. The molecule has 0 spiro atoms. The average molecular weight is 856 g/mol. The summed E-state index contributed by atoms with van der Waals surface area (Å²) in [6.45, 7) is 3.86. The molecule has 0 aromatic heterocycles. The van der Waals surface area contributed by atoms with Gasteiger partial charge >= 0.3 is 0 Å². The van der Waals surface area contributed by atoms with Crippen LogP contribution in [0.2, 0.25) is 0 Å². The molecule has 1 saturated heterocycles. The van der Waals surface area contributed by atoms with E-state index < -0.39 is 49.5 Å². The number of ether oxygens (including phenoxy) is 2. The number of amides is 1. The van der Waals surface area contributed by atoms with Crippen LogP contribution in [0.1, 0.15) is 264 Å². The molecule has 9 nitrogen and oxygen atoms in total. The zero-order valence-electron chi connectivity index (χ0n) is 39.5. The van der Waals surface area contributed by atoms with Crippen molar-refractivity contribution in [3.8, 4) is 0 Å². The van der Waals surface area contributed by atoms with Gasteiger partial charge < -0.3 is 40.3 Å². The van der Waals surface area contributed by atoms with Gasteiger partial charge in [0.1, 0.15) is 24.4 Å². The Hall–Kier alpha value is -0.810. The zero-order chi connectivity index (χ0) is 43.7. The van der Waals surface area contributed by atoms with Crippen molar-refractivity contribution in [1.29, 1.82) is 0 Å². The van der Waals surface area contributed by atoms with E-state index in [1.807, 2.05) is 0 Å². The number of carbonyl (C=O) groups is 1. The molecule has 1 fully saturated rings. The van der Waals surface area contributed by atoms with Crippen LogP contribution >= 0.6 is 0 Å². The largest absolute Gasteiger partial charge is 0.394 e. The second-order valence-corrected chi connectivity index (χ2v) is 18.7. The molecule has 1 aliphatic heterocycles. The van der Waals surface area contributed by atoms with E-state index >= 15 is 0 Å². The van der Waals surface area contributed by atoms with Crippen LogP contribution in [0.4, 0.5) is 0 Å². The lowest BCUT2D eigenvalue weighted by atomic mass is 9.99. The molecule has 9 heteroatoms. The summed E-state index contributed by atoms with van der Waals surface area (Å²) in [5.41, 5.74) is 0. The van der Waals surface area contributed by atoms with E-state index in [9.17, 15) is 30.3 Å². The lowest BCUT2D eigenvalue weighted by Gasteiger charge is -2.40. The van der Waals surface area contributed by atoms with Gasteiger partial charge in [-0.2, -0.15) is 0 Å². The van der Waals surface area contributed by atoms with Crippen molar-refractivity contribution in [2.24, 2.45) is 0 Å². The number of hydrogen-bond acceptors (Lipinski definition) is 8. The molecule has 6 N–H and O–H groups in total. The Morgan fingerprint density at radius 1 is 0.500 bits per heavy atom. The summed E-state index contributed by atoms with van der Waals surface area (Å²) in [5.74, 6) is -0.139. The van der Waals surface area contributed by atoms with Crippen LogP contribution in [0.5, 0.6) is 0 Å². The smallest absolute Gasteiger partial charge is 0.220 e. The molecule has 1 amide bonds. The van der Waals surface area contributed by atoms with Crippen molar-refractivity contribution >= 4 is 5.91 Å². The van der Waals surface area contributed by atoms with Gasteiger partial charge in [-0.3, -0.25) is 4.79 Å². The summed E-state index contributed by atoms with van der Waals surface area (Å²) in [5, 5.41) is 54.4. The second-order valence-electron chi connectivity index (χ2n) is 18.7. The molecule has 2 unspecified atom stereocenters. The van der Waals surface area contributed by atoms with Gasteiger partial charge in [0.2, 0.25) is 5.91 Å². The molecule has 0 aliphatic carbocycles. The number of aliphatic hydroxyl groups excluding tert-OH is 5. The third-order valence-electron chi connectivity index (χ3n) is 13.0. The second kappa shape index (κ2) is 42.2. The summed E-state index contributed by atoms with van der Waals surface area (Å²) in [4.78, 5) is 13.0. The zero-order valence-corrected chi connectivity index (χ0v) is 39.5. The highest BCUT2D eigenvalue weighted by atomic mass is 16.7. The molecular weight excluding hydrogens is 755 g/mol. The van der Waals surface area contributed by atoms with Crippen molar-refractivity contribution in [1.82, 2.24) is 5.32 Å². The van der Waals surface area contributed by atoms with Crippen LogP contribution in [-0.4, -0.2) is 87.5 Å². The minimum absolute atomic E-state index is 0.132. The van der Waals surface area contributed by atoms with Crippen molar-refractivity contribution in [3.63, 3.8) is 0 Å². The van der Waals surface area contributed by atoms with E-state index in [1.165, 1.54) is 199 Å². The highest BCUT2D eigenvalue weighted by molar-refractivity contribution is 5.76. The standard InChI is InChI=1S/C51H101NO8/c1-3-5-7-9-11-13-15-17-18-19-20-21-22-23-24-25-26-27-28-29-31-33-35-37-39-41-47(55)52-44(43-59-51-50(58)49(57)48(56)46(42-53)60-51)45(54)40-38-36-34-32-30-16-14-12-10-8-6-4-2/h44-46,48-51,53-54,56-58H,3-43H2,1-2H3,(H,52,55)/t44-,45+,46+,48+,49?,50?,51+/m0/s1. The summed E-state index contributed by atoms with van der Waals surface area (Å²) in [6, 6.07) is -0.711. The number of nitrogens with one attached hydrogen (secondary N) is 1. The van der Waals surface area contributed by atoms with Gasteiger partial charge in [-0.25, -0.2) is 0 Å². The van der Waals surface area contributed by atoms with Crippen molar-refractivity contribution in [2.45, 2.75) is 307 Å². The van der Waals surface area contributed by atoms with Gasteiger partial charge in [0.05, 0.1) is 25.4 Å². The van der Waals surface area contributed by atoms with Crippen LogP contribution in [0, 0.1) is 0 Å². The Morgan fingerprint density at radius 3 is 1.18 bits per heavy atom. The fourth-order valence-corrected chi connectivity index (χ4v) is 8.75. The molecule has 60 heavy (non-hydrogen) atoms. The highest BCUT2D eigenvalue weighted by Crippen LogP contribution is 2.23. The van der Waals surface area contributed by atoms with E-state index in [0.29, 0.717) is 12.8 Å². The maximum Gasteiger partial charge on any atom is 0.220 e. The quantitative estimate of drug-likeness (QED) is 0.0332. The summed E-state index contributed by atoms with van der Waals surface area (Å²) in [7, 11) is 0. The van der Waals surface area contributed by atoms with E-state index in [0.717, 1.165) is 38.5 Å². The van der Waals surface area contributed by atoms with E-state index in [2.05, 4.69) is 19.2 Å². The van der Waals surface area contributed by atoms with Gasteiger partial charge in [-0.05, 0) is 12.8 Å². The predicted molar refractivity (Wildman–Crippen MR) is 249 cm³/mol. The van der Waals surface area contributed by atoms with Crippen LogP contribution < -0.4 is 5.32 Å². The van der Waals surface area contributed by atoms with E-state index in [1.54, 1.807) is 0 Å². The first kappa shape index (κ1) is 57.2. The molecule has 0 bridgehead atoms. The normalized spacial score (nSPS) is 20.4. The summed E-state index contributed by atoms with van der Waals surface area (Å²) in [6.07, 6.45) is 41.3. The topological polar surface area (TPSA) is 149 Å². The third kappa shape index (κ3) is 31.9. The highest BCUT2D eigenvalue weighted by Gasteiger charge is 2.44. The molecule has 7 atom stereocenters. The van der Waals surface area contributed by atoms with Crippen LogP contribution in [0.3, 0.4) is 0 Å². The molecular formula is C51H101NO8. The first-order valence-electron chi connectivity index (χ1n) is 26.2. The first-order valence-corrected chi connectivity index (χ1v) is 26.2. The monoisotopic (exact) mass is 856 g/mol. The van der Waals surface area contributed by atoms with Gasteiger partial charge in [0, 0.05) is 6.42 Å². The van der Waals surface area contributed by atoms with Crippen molar-refractivity contribution < 1.29 is 39.8 Å². The first-order chi connectivity index (χ1) is 29.3. The van der Waals surface area contributed by atoms with Gasteiger partial charge in [0.15, 0.2) is 6.29 Å². The number of hydrogen-bond donors (Lipinski definition) is 6. The van der Waals surface area contributed by atoms with E-state index in [4.69, 9.17) is 9.47 Å². The molecule has 1 heterocycles. The van der Waals surface area contributed by atoms with Crippen molar-refractivity contribution in [2.75, 3.05) is 13.2 Å². The Morgan fingerprint density at radius 2 is 0.833 bits per heavy atom. The number of unbranched alkanes of at least 4 members (excludes halogenated alkanes) is 35. The lowest BCUT2D eigenvalue weighted by Crippen LogP contribution is -2.60. The number of carbonyl (C=O) groups excluding carboxylic acids is 1. The maximum absolute atomic E-state index is 13.0. The Bertz CT molecular complexity index is 908. The van der Waals surface area contributed by atoms with Crippen LogP contribution in [-0.2, 0) is 14.3 Å². The molecule has 0 saturated carbocycles. The van der Waals surface area contributed by atoms with Crippen LogP contribution in [0.25, 0.3) is 0 Å². The molecule has 0 radical (unpaired) electrons. The van der Waals surface area contributed by atoms with E-state index in [-0.39, 0.29) is 12.5 Å². The fourth-order valence-electron chi connectivity index (χ4n) is 8.75. The molecule has 358 valence electrons. The van der Waals surface area contributed by atoms with Crippen LogP contribution in [0.15, 0.2) is 0 Å². The minimum Gasteiger partial charge on any atom is -0.394 e. The SMILES string of the molecule is CCCCCCCCCCCCCCCCCCCCCCCCCCCC(=O)N[C@@H](CO[C@@H]1O[C@H](CO)[C@@H](O)C(O)C1O)[C@H](O)CCCCCCCCCCCCCC. The Labute approximate surface area is 370 Å². The summed E-state index contributed by atoms with van der Waals surface area (Å²) < 4.78 is 11.3. The minimum atomic E-state index is -1.55. The van der Waals surface area contributed by atoms with Crippen molar-refractivity contribution in [3.05, 3.63) is 0 Å². The fraction of sp³-hybridized carbons (Fsp3) is 0.980. The maximum atomic E-state index is 13.0. The number of aliphatic hydroxyl groups is 5. The Balaban J connectivity index is 2.17. The lowest BCUT2D eigenvalue weighted by molar-refractivity contribution is -0.302. The number of rotatable bonds is 45. The molecule has 1 aliphatic rings. The molecule has 0 aromatic rings. The van der Waals surface area contributed by atoms with Gasteiger partial charge in [-0.15, -0.1) is 0 Å².